The minimum absolute atomic E-state index is 0.0399. The number of non-ortho nitro benzene ring substituents is 1. The van der Waals surface area contributed by atoms with Crippen molar-refractivity contribution in [2.75, 3.05) is 12.4 Å². The van der Waals surface area contributed by atoms with Gasteiger partial charge in [0.25, 0.3) is 11.6 Å². The van der Waals surface area contributed by atoms with Gasteiger partial charge >= 0.3 is 11.7 Å². The van der Waals surface area contributed by atoms with Crippen LogP contribution in [-0.4, -0.2) is 28.8 Å². The van der Waals surface area contributed by atoms with Crippen LogP contribution in [0.15, 0.2) is 71.2 Å². The van der Waals surface area contributed by atoms with Gasteiger partial charge in [0.05, 0.1) is 28.2 Å². The van der Waals surface area contributed by atoms with E-state index in [4.69, 9.17) is 9.47 Å². The van der Waals surface area contributed by atoms with Crippen LogP contribution >= 0.6 is 15.9 Å². The highest BCUT2D eigenvalue weighted by Gasteiger charge is 2.28. The molecule has 12 heteroatoms. The van der Waals surface area contributed by atoms with Crippen LogP contribution in [0.2, 0.25) is 0 Å². The molecule has 0 unspecified atom stereocenters. The molecule has 1 atom stereocenters. The zero-order valence-corrected chi connectivity index (χ0v) is 19.1. The summed E-state index contributed by atoms with van der Waals surface area (Å²) in [5.74, 6) is -1.75. The van der Waals surface area contributed by atoms with Crippen molar-refractivity contribution in [1.82, 2.24) is 0 Å². The van der Waals surface area contributed by atoms with Gasteiger partial charge < -0.3 is 14.8 Å². The van der Waals surface area contributed by atoms with Gasteiger partial charge in [0.15, 0.2) is 5.75 Å². The van der Waals surface area contributed by atoms with E-state index in [-0.39, 0.29) is 27.2 Å². The van der Waals surface area contributed by atoms with Gasteiger partial charge in [-0.3, -0.25) is 25.0 Å². The molecule has 0 aliphatic heterocycles. The zero-order valence-electron chi connectivity index (χ0n) is 17.5. The number of halogens is 1. The molecule has 1 amide bonds. The first-order chi connectivity index (χ1) is 16.2. The lowest BCUT2D eigenvalue weighted by Gasteiger charge is -2.18. The molecule has 0 saturated carbocycles. The van der Waals surface area contributed by atoms with E-state index in [0.29, 0.717) is 5.56 Å². The summed E-state index contributed by atoms with van der Waals surface area (Å²) in [6.45, 7) is 0. The van der Waals surface area contributed by atoms with Gasteiger partial charge in [-0.2, -0.15) is 0 Å². The second kappa shape index (κ2) is 10.5. The summed E-state index contributed by atoms with van der Waals surface area (Å²) in [6, 6.07) is 15.4. The van der Waals surface area contributed by atoms with Crippen molar-refractivity contribution in [1.29, 1.82) is 0 Å². The van der Waals surface area contributed by atoms with Crippen LogP contribution in [0.3, 0.4) is 0 Å². The Morgan fingerprint density at radius 2 is 1.68 bits per heavy atom. The average molecular weight is 530 g/mol. The highest BCUT2D eigenvalue weighted by Crippen LogP contribution is 2.31. The summed E-state index contributed by atoms with van der Waals surface area (Å²) in [6.07, 6.45) is -1.42. The Morgan fingerprint density at radius 3 is 2.26 bits per heavy atom. The number of nitrogens with zero attached hydrogens (tertiary/aromatic N) is 2. The van der Waals surface area contributed by atoms with E-state index in [1.807, 2.05) is 0 Å². The molecule has 3 aromatic rings. The molecular weight excluding hydrogens is 514 g/mol. The van der Waals surface area contributed by atoms with Crippen LogP contribution < -0.4 is 10.1 Å². The fourth-order valence-corrected chi connectivity index (χ4v) is 3.42. The number of methoxy groups -OCH3 is 1. The Morgan fingerprint density at radius 1 is 0.971 bits per heavy atom. The number of carbonyl (C=O) groups excluding carboxylic acids is 2. The predicted molar refractivity (Wildman–Crippen MR) is 124 cm³/mol. The van der Waals surface area contributed by atoms with Crippen molar-refractivity contribution in [3.63, 3.8) is 0 Å². The van der Waals surface area contributed by atoms with E-state index >= 15 is 0 Å². The van der Waals surface area contributed by atoms with Crippen LogP contribution in [0.4, 0.5) is 17.1 Å². The number of benzene rings is 3. The molecule has 1 N–H and O–H groups in total. The number of nitro groups is 2. The van der Waals surface area contributed by atoms with Gasteiger partial charge in [-0.05, 0) is 34.1 Å². The van der Waals surface area contributed by atoms with E-state index < -0.39 is 33.5 Å². The third-order valence-corrected chi connectivity index (χ3v) is 5.25. The third-order valence-electron chi connectivity index (χ3n) is 4.60. The number of amides is 1. The molecule has 3 aromatic carbocycles. The van der Waals surface area contributed by atoms with Crippen LogP contribution in [0.5, 0.6) is 5.75 Å². The summed E-state index contributed by atoms with van der Waals surface area (Å²) in [5, 5.41) is 24.8. The van der Waals surface area contributed by atoms with E-state index in [1.165, 1.54) is 37.4 Å². The maximum atomic E-state index is 13.1. The second-order valence-electron chi connectivity index (χ2n) is 6.75. The summed E-state index contributed by atoms with van der Waals surface area (Å²) in [5.41, 5.74) is -0.218. The molecule has 0 radical (unpaired) electrons. The molecule has 3 rings (SSSR count). The molecule has 0 spiro atoms. The molecule has 11 nitrogen and oxygen atoms in total. The Balaban J connectivity index is 1.90. The monoisotopic (exact) mass is 529 g/mol. The molecular formula is C22H16BrN3O8. The fraction of sp³-hybridized carbons (Fsp3) is 0.0909. The molecule has 0 aliphatic rings. The summed E-state index contributed by atoms with van der Waals surface area (Å²) >= 11 is 3.17. The number of rotatable bonds is 8. The maximum Gasteiger partial charge on any atom is 0.339 e. The largest absolute Gasteiger partial charge is 0.490 e. The molecule has 0 aliphatic carbocycles. The number of nitro benzene ring substituents is 2. The zero-order chi connectivity index (χ0) is 24.8. The van der Waals surface area contributed by atoms with E-state index in [0.717, 1.165) is 6.07 Å². The minimum atomic E-state index is -1.42. The molecule has 0 fully saturated rings. The minimum Gasteiger partial charge on any atom is -0.490 e. The average Bonchev–Trinajstić information content (AvgIpc) is 2.83. The third kappa shape index (κ3) is 5.53. The van der Waals surface area contributed by atoms with Gasteiger partial charge in [0, 0.05) is 28.2 Å². The van der Waals surface area contributed by atoms with Crippen LogP contribution in [0.1, 0.15) is 22.0 Å². The van der Waals surface area contributed by atoms with Crippen molar-refractivity contribution in [3.8, 4) is 5.75 Å². The van der Waals surface area contributed by atoms with Crippen molar-refractivity contribution in [3.05, 3.63) is 103 Å². The van der Waals surface area contributed by atoms with Crippen molar-refractivity contribution < 1.29 is 28.9 Å². The summed E-state index contributed by atoms with van der Waals surface area (Å²) in [7, 11) is 1.26. The second-order valence-corrected chi connectivity index (χ2v) is 7.60. The van der Waals surface area contributed by atoms with E-state index in [1.54, 1.807) is 30.3 Å². The first kappa shape index (κ1) is 24.3. The number of esters is 1. The Kier molecular flexibility index (Phi) is 7.53. The van der Waals surface area contributed by atoms with Gasteiger partial charge in [-0.1, -0.05) is 30.3 Å². The van der Waals surface area contributed by atoms with Crippen LogP contribution in [0.25, 0.3) is 0 Å². The molecule has 0 heterocycles. The molecule has 0 aromatic heterocycles. The van der Waals surface area contributed by atoms with Gasteiger partial charge in [-0.25, -0.2) is 4.79 Å². The highest BCUT2D eigenvalue weighted by atomic mass is 79.9. The summed E-state index contributed by atoms with van der Waals surface area (Å²) < 4.78 is 10.6. The van der Waals surface area contributed by atoms with E-state index in [9.17, 15) is 29.8 Å². The Bertz CT molecular complexity index is 1270. The maximum absolute atomic E-state index is 13.1. The van der Waals surface area contributed by atoms with Crippen LogP contribution in [0, 0.1) is 20.2 Å². The standard InChI is InChI=1S/C22H16BrN3O8/c1-33-19-10-7-14(11-18(19)26(31)32)22(28)34-20(13-5-3-2-4-6-13)21(27)24-17-9-8-15(25(29)30)12-16(17)23/h2-12,20H,1H3,(H,24,27)/t20-/m0/s1. The lowest BCUT2D eigenvalue weighted by molar-refractivity contribution is -0.385. The van der Waals surface area contributed by atoms with E-state index in [2.05, 4.69) is 21.2 Å². The fourth-order valence-electron chi connectivity index (χ4n) is 2.95. The number of ether oxygens (including phenoxy) is 2. The van der Waals surface area contributed by atoms with Crippen LogP contribution in [-0.2, 0) is 9.53 Å². The number of anilines is 1. The lowest BCUT2D eigenvalue weighted by atomic mass is 10.1. The lowest BCUT2D eigenvalue weighted by Crippen LogP contribution is -2.26. The molecule has 34 heavy (non-hydrogen) atoms. The van der Waals surface area contributed by atoms with Gasteiger partial charge in [-0.15, -0.1) is 0 Å². The number of nitrogens with one attached hydrogen (secondary N) is 1. The topological polar surface area (TPSA) is 151 Å². The van der Waals surface area contributed by atoms with Gasteiger partial charge in [0.1, 0.15) is 0 Å². The molecule has 0 saturated heterocycles. The van der Waals surface area contributed by atoms with Crippen molar-refractivity contribution in [2.45, 2.75) is 6.10 Å². The smallest absolute Gasteiger partial charge is 0.339 e. The van der Waals surface area contributed by atoms with Crippen molar-refractivity contribution in [2.24, 2.45) is 0 Å². The normalized spacial score (nSPS) is 11.2. The number of carbonyl (C=O) groups is 2. The molecule has 174 valence electrons. The summed E-state index contributed by atoms with van der Waals surface area (Å²) in [4.78, 5) is 46.8. The Labute approximate surface area is 200 Å². The Hall–Kier alpha value is -4.32. The first-order valence-electron chi connectivity index (χ1n) is 9.54. The molecule has 0 bridgehead atoms. The number of hydrogen-bond acceptors (Lipinski definition) is 8. The SMILES string of the molecule is COc1ccc(C(=O)O[C@H](C(=O)Nc2ccc([N+](=O)[O-])cc2Br)c2ccccc2)cc1[N+](=O)[O-]. The quantitative estimate of drug-likeness (QED) is 0.248. The first-order valence-corrected chi connectivity index (χ1v) is 10.3. The number of hydrogen-bond donors (Lipinski definition) is 1. The predicted octanol–water partition coefficient (Wildman–Crippen LogP) is 4.81. The van der Waals surface area contributed by atoms with Crippen molar-refractivity contribution >= 4 is 44.9 Å². The highest BCUT2D eigenvalue weighted by molar-refractivity contribution is 9.10. The van der Waals surface area contributed by atoms with Gasteiger partial charge in [0.2, 0.25) is 6.10 Å².